The Morgan fingerprint density at radius 2 is 1.84 bits per heavy atom. The van der Waals surface area contributed by atoms with Crippen LogP contribution in [-0.2, 0) is 4.74 Å². The number of amides is 2. The highest BCUT2D eigenvalue weighted by atomic mass is 79.9. The number of ether oxygens (including phenoxy) is 2. The number of nitrogens with one attached hydrogen (secondary N) is 1. The van der Waals surface area contributed by atoms with Crippen molar-refractivity contribution in [3.8, 4) is 5.75 Å². The lowest BCUT2D eigenvalue weighted by molar-refractivity contribution is 0.0470. The summed E-state index contributed by atoms with van der Waals surface area (Å²) < 4.78 is 12.1. The van der Waals surface area contributed by atoms with Crippen LogP contribution in [0.4, 0.5) is 4.79 Å². The Morgan fingerprint density at radius 3 is 2.40 bits per heavy atom. The summed E-state index contributed by atoms with van der Waals surface area (Å²) in [4.78, 5) is 23.4. The maximum atomic E-state index is 11.8. The minimum atomic E-state index is -0.511. The third kappa shape index (κ3) is 6.23. The highest BCUT2D eigenvalue weighted by molar-refractivity contribution is 9.10. The molecule has 0 unspecified atom stereocenters. The molecular weight excluding hydrogens is 388 g/mol. The normalized spacial score (nSPS) is 20.6. The molecule has 0 bridgehead atoms. The van der Waals surface area contributed by atoms with Crippen molar-refractivity contribution in [1.82, 2.24) is 5.32 Å². The van der Waals surface area contributed by atoms with Crippen molar-refractivity contribution in [2.45, 2.75) is 64.2 Å². The van der Waals surface area contributed by atoms with E-state index in [1.807, 2.05) is 20.8 Å². The first-order chi connectivity index (χ1) is 11.6. The van der Waals surface area contributed by atoms with Crippen molar-refractivity contribution in [2.75, 3.05) is 0 Å². The third-order valence-electron chi connectivity index (χ3n) is 3.90. The Balaban J connectivity index is 1.88. The smallest absolute Gasteiger partial charge is 0.407 e. The van der Waals surface area contributed by atoms with Gasteiger partial charge in [-0.2, -0.15) is 0 Å². The van der Waals surface area contributed by atoms with Gasteiger partial charge in [0, 0.05) is 10.5 Å². The molecule has 0 aliphatic heterocycles. The molecular formula is C18H25BrN2O4. The van der Waals surface area contributed by atoms with Crippen LogP contribution in [0.1, 0.15) is 56.8 Å². The van der Waals surface area contributed by atoms with Crippen LogP contribution in [0.25, 0.3) is 0 Å². The molecule has 0 radical (unpaired) electrons. The standard InChI is InChI=1S/C18H25BrN2O4/c1-18(2,3)25-17(23)21-12-5-7-13(8-6-12)24-15-10-11(19)4-9-14(15)16(20)22/h4,9-10,12-13H,5-8H2,1-3H3,(H2,20,22)(H,21,23)/t12-,13-. The zero-order valence-electron chi connectivity index (χ0n) is 14.8. The topological polar surface area (TPSA) is 90.7 Å². The van der Waals surface area contributed by atoms with Gasteiger partial charge in [0.15, 0.2) is 0 Å². The number of carbonyl (C=O) groups excluding carboxylic acids is 2. The molecule has 0 spiro atoms. The van der Waals surface area contributed by atoms with Crippen molar-refractivity contribution in [3.63, 3.8) is 0 Å². The van der Waals surface area contributed by atoms with Crippen LogP contribution < -0.4 is 15.8 Å². The van der Waals surface area contributed by atoms with Crippen molar-refractivity contribution in [1.29, 1.82) is 0 Å². The first kappa shape index (κ1) is 19.6. The molecule has 0 saturated heterocycles. The second kappa shape index (κ2) is 8.08. The summed E-state index contributed by atoms with van der Waals surface area (Å²) in [5, 5.41) is 2.90. The van der Waals surface area contributed by atoms with E-state index in [0.29, 0.717) is 11.3 Å². The van der Waals surface area contributed by atoms with Crippen LogP contribution in [-0.4, -0.2) is 29.7 Å². The van der Waals surface area contributed by atoms with Crippen LogP contribution in [0.3, 0.4) is 0 Å². The van der Waals surface area contributed by atoms with Gasteiger partial charge >= 0.3 is 6.09 Å². The van der Waals surface area contributed by atoms with Crippen LogP contribution in [0.5, 0.6) is 5.75 Å². The highest BCUT2D eigenvalue weighted by Gasteiger charge is 2.26. The molecule has 0 atom stereocenters. The van der Waals surface area contributed by atoms with Crippen LogP contribution in [0, 0.1) is 0 Å². The summed E-state index contributed by atoms with van der Waals surface area (Å²) in [5.41, 5.74) is 5.27. The SMILES string of the molecule is CC(C)(C)OC(=O)N[C@H]1CC[C@H](Oc2cc(Br)ccc2C(N)=O)CC1. The van der Waals surface area contributed by atoms with Gasteiger partial charge in [-0.3, -0.25) is 4.79 Å². The number of benzene rings is 1. The van der Waals surface area contributed by atoms with Gasteiger partial charge in [0.05, 0.1) is 11.7 Å². The second-order valence-corrected chi connectivity index (χ2v) is 8.16. The zero-order valence-corrected chi connectivity index (χ0v) is 16.4. The summed E-state index contributed by atoms with van der Waals surface area (Å²) in [7, 11) is 0. The lowest BCUT2D eigenvalue weighted by atomic mass is 9.93. The van der Waals surface area contributed by atoms with E-state index in [1.54, 1.807) is 18.2 Å². The highest BCUT2D eigenvalue weighted by Crippen LogP contribution is 2.29. The summed E-state index contributed by atoms with van der Waals surface area (Å²) in [5.74, 6) is -0.0202. The number of alkyl carbamates (subject to hydrolysis) is 1. The quantitative estimate of drug-likeness (QED) is 0.787. The largest absolute Gasteiger partial charge is 0.490 e. The number of carbonyl (C=O) groups is 2. The fourth-order valence-electron chi connectivity index (χ4n) is 2.78. The molecule has 2 amide bonds. The van der Waals surface area contributed by atoms with E-state index in [1.165, 1.54) is 0 Å². The predicted molar refractivity (Wildman–Crippen MR) is 98.7 cm³/mol. The second-order valence-electron chi connectivity index (χ2n) is 7.24. The Hall–Kier alpha value is -1.76. The van der Waals surface area contributed by atoms with Crippen LogP contribution in [0.2, 0.25) is 0 Å². The van der Waals surface area contributed by atoms with E-state index in [0.717, 1.165) is 30.2 Å². The minimum Gasteiger partial charge on any atom is -0.490 e. The van der Waals surface area contributed by atoms with Gasteiger partial charge < -0.3 is 20.5 Å². The van der Waals surface area contributed by atoms with Gasteiger partial charge in [-0.15, -0.1) is 0 Å². The fourth-order valence-corrected chi connectivity index (χ4v) is 3.12. The summed E-state index contributed by atoms with van der Waals surface area (Å²) in [6, 6.07) is 5.24. The van der Waals surface area contributed by atoms with Crippen LogP contribution in [0.15, 0.2) is 22.7 Å². The molecule has 0 heterocycles. The molecule has 2 rings (SSSR count). The Labute approximate surface area is 156 Å². The van der Waals surface area contributed by atoms with Crippen molar-refractivity contribution in [3.05, 3.63) is 28.2 Å². The molecule has 0 aromatic heterocycles. The van der Waals surface area contributed by atoms with Crippen molar-refractivity contribution >= 4 is 27.9 Å². The summed E-state index contributed by atoms with van der Waals surface area (Å²) in [6.07, 6.45) is 2.76. The number of halogens is 1. The zero-order chi connectivity index (χ0) is 18.6. The molecule has 6 nitrogen and oxygen atoms in total. The molecule has 25 heavy (non-hydrogen) atoms. The van der Waals surface area contributed by atoms with E-state index in [2.05, 4.69) is 21.2 Å². The molecule has 138 valence electrons. The van der Waals surface area contributed by atoms with Gasteiger partial charge in [-0.05, 0) is 64.7 Å². The van der Waals surface area contributed by atoms with E-state index in [-0.39, 0.29) is 18.2 Å². The predicted octanol–water partition coefficient (Wildman–Crippen LogP) is 3.76. The number of nitrogens with two attached hydrogens (primary N) is 1. The first-order valence-electron chi connectivity index (χ1n) is 8.39. The van der Waals surface area contributed by atoms with Crippen molar-refractivity contribution < 1.29 is 19.1 Å². The van der Waals surface area contributed by atoms with E-state index in [4.69, 9.17) is 15.2 Å². The maximum absolute atomic E-state index is 11.8. The monoisotopic (exact) mass is 412 g/mol. The summed E-state index contributed by atoms with van der Waals surface area (Å²) in [6.45, 7) is 5.52. The number of rotatable bonds is 4. The van der Waals surface area contributed by atoms with E-state index in [9.17, 15) is 9.59 Å². The maximum Gasteiger partial charge on any atom is 0.407 e. The molecule has 1 aliphatic carbocycles. The third-order valence-corrected chi connectivity index (χ3v) is 4.39. The van der Waals surface area contributed by atoms with Gasteiger partial charge in [-0.25, -0.2) is 4.79 Å². The van der Waals surface area contributed by atoms with Gasteiger partial charge in [0.25, 0.3) is 5.91 Å². The molecule has 1 aromatic carbocycles. The molecule has 1 aromatic rings. The number of hydrogen-bond acceptors (Lipinski definition) is 4. The van der Waals surface area contributed by atoms with E-state index < -0.39 is 11.5 Å². The molecule has 1 aliphatic rings. The summed E-state index contributed by atoms with van der Waals surface area (Å²) >= 11 is 3.38. The fraction of sp³-hybridized carbons (Fsp3) is 0.556. The first-order valence-corrected chi connectivity index (χ1v) is 9.19. The average Bonchev–Trinajstić information content (AvgIpc) is 2.47. The lowest BCUT2D eigenvalue weighted by Crippen LogP contribution is -2.42. The number of primary amides is 1. The minimum absolute atomic E-state index is 0.0101. The number of hydrogen-bond donors (Lipinski definition) is 2. The van der Waals surface area contributed by atoms with Gasteiger partial charge in [-0.1, -0.05) is 15.9 Å². The van der Waals surface area contributed by atoms with E-state index >= 15 is 0 Å². The molecule has 7 heteroatoms. The molecule has 1 fully saturated rings. The lowest BCUT2D eigenvalue weighted by Gasteiger charge is -2.30. The average molecular weight is 413 g/mol. The Bertz CT molecular complexity index is 634. The van der Waals surface area contributed by atoms with Gasteiger partial charge in [0.2, 0.25) is 0 Å². The molecule has 1 saturated carbocycles. The van der Waals surface area contributed by atoms with Gasteiger partial charge in [0.1, 0.15) is 11.4 Å². The van der Waals surface area contributed by atoms with Crippen LogP contribution >= 0.6 is 15.9 Å². The van der Waals surface area contributed by atoms with Crippen molar-refractivity contribution in [2.24, 2.45) is 5.73 Å². The Kier molecular flexibility index (Phi) is 6.32. The molecule has 3 N–H and O–H groups in total. The Morgan fingerprint density at radius 1 is 1.20 bits per heavy atom.